The number of hydrogen-bond acceptors (Lipinski definition) is 5. The summed E-state index contributed by atoms with van der Waals surface area (Å²) in [5.41, 5.74) is 1.71. The average Bonchev–Trinajstić information content (AvgIpc) is 3.06. The van der Waals surface area contributed by atoms with Crippen LogP contribution >= 0.6 is 11.6 Å². The molecule has 1 aliphatic heterocycles. The molecule has 0 bridgehead atoms. The van der Waals surface area contributed by atoms with Crippen molar-refractivity contribution in [1.82, 2.24) is 9.88 Å². The molecule has 1 N–H and O–H groups in total. The Labute approximate surface area is 190 Å². The highest BCUT2D eigenvalue weighted by atomic mass is 35.5. The van der Waals surface area contributed by atoms with Crippen LogP contribution in [0, 0.1) is 0 Å². The Morgan fingerprint density at radius 2 is 1.84 bits per heavy atom. The molecule has 162 valence electrons. The van der Waals surface area contributed by atoms with E-state index in [0.717, 1.165) is 0 Å². The first-order valence-electron chi connectivity index (χ1n) is 10.2. The number of carbonyl (C=O) groups is 2. The molecular formula is C25H21ClN2O4. The minimum Gasteiger partial charge on any atom is -0.507 e. The molecule has 1 amide bonds. The van der Waals surface area contributed by atoms with Gasteiger partial charge in [0.15, 0.2) is 0 Å². The number of halogens is 1. The Morgan fingerprint density at radius 3 is 2.53 bits per heavy atom. The van der Waals surface area contributed by atoms with Gasteiger partial charge in [0.1, 0.15) is 11.5 Å². The lowest BCUT2D eigenvalue weighted by atomic mass is 9.95. The van der Waals surface area contributed by atoms with Crippen molar-refractivity contribution in [2.75, 3.05) is 6.61 Å². The van der Waals surface area contributed by atoms with E-state index >= 15 is 0 Å². The van der Waals surface area contributed by atoms with Crippen molar-refractivity contribution < 1.29 is 19.4 Å². The van der Waals surface area contributed by atoms with Crippen molar-refractivity contribution in [2.24, 2.45) is 0 Å². The number of nitrogens with zero attached hydrogens (tertiary/aromatic N) is 2. The van der Waals surface area contributed by atoms with E-state index < -0.39 is 17.7 Å². The van der Waals surface area contributed by atoms with Crippen LogP contribution in [0.1, 0.15) is 29.8 Å². The van der Waals surface area contributed by atoms with Crippen LogP contribution in [-0.4, -0.2) is 33.3 Å². The molecular weight excluding hydrogens is 428 g/mol. The maximum absolute atomic E-state index is 13.1. The zero-order chi connectivity index (χ0) is 22.7. The zero-order valence-electron chi connectivity index (χ0n) is 17.4. The van der Waals surface area contributed by atoms with Crippen LogP contribution in [0.5, 0.6) is 5.75 Å². The Hall–Kier alpha value is -3.64. The predicted molar refractivity (Wildman–Crippen MR) is 121 cm³/mol. The topological polar surface area (TPSA) is 79.7 Å². The zero-order valence-corrected chi connectivity index (χ0v) is 18.1. The summed E-state index contributed by atoms with van der Waals surface area (Å²) in [5.74, 6) is -1.33. The van der Waals surface area contributed by atoms with Crippen molar-refractivity contribution >= 4 is 29.1 Å². The lowest BCUT2D eigenvalue weighted by Gasteiger charge is -2.25. The molecule has 0 radical (unpaired) electrons. The van der Waals surface area contributed by atoms with Crippen LogP contribution in [0.3, 0.4) is 0 Å². The third kappa shape index (κ3) is 4.09. The summed E-state index contributed by atoms with van der Waals surface area (Å²) < 4.78 is 5.51. The fraction of sp³-hybridized carbons (Fsp3) is 0.160. The molecule has 1 atom stereocenters. The van der Waals surface area contributed by atoms with Crippen molar-refractivity contribution in [3.8, 4) is 5.75 Å². The Kier molecular flexibility index (Phi) is 6.23. The van der Waals surface area contributed by atoms with E-state index in [1.807, 2.05) is 43.3 Å². The van der Waals surface area contributed by atoms with Crippen LogP contribution in [0.2, 0.25) is 5.02 Å². The number of ether oxygens (including phenoxy) is 1. The van der Waals surface area contributed by atoms with Crippen molar-refractivity contribution in [2.45, 2.75) is 19.5 Å². The SMILES string of the molecule is CCOc1cc(/C(O)=C2/C(=O)C(=O)N(Cc3ccccn3)C2c2ccccc2)ccc1Cl. The normalized spacial score (nSPS) is 17.6. The fourth-order valence-corrected chi connectivity index (χ4v) is 3.94. The van der Waals surface area contributed by atoms with Crippen LogP contribution in [0.15, 0.2) is 78.5 Å². The predicted octanol–water partition coefficient (Wildman–Crippen LogP) is 4.76. The van der Waals surface area contributed by atoms with E-state index in [0.29, 0.717) is 34.2 Å². The lowest BCUT2D eigenvalue weighted by Crippen LogP contribution is -2.29. The molecule has 0 spiro atoms. The number of carbonyl (C=O) groups excluding carboxylic acids is 2. The first-order valence-corrected chi connectivity index (χ1v) is 10.5. The van der Waals surface area contributed by atoms with Crippen LogP contribution < -0.4 is 4.74 Å². The number of aromatic nitrogens is 1. The van der Waals surface area contributed by atoms with E-state index in [2.05, 4.69) is 4.98 Å². The molecule has 4 rings (SSSR count). The van der Waals surface area contributed by atoms with Gasteiger partial charge in [-0.15, -0.1) is 0 Å². The first-order chi connectivity index (χ1) is 15.5. The molecule has 7 heteroatoms. The van der Waals surface area contributed by atoms with Gasteiger partial charge in [-0.25, -0.2) is 0 Å². The van der Waals surface area contributed by atoms with E-state index in [9.17, 15) is 14.7 Å². The number of ketones is 1. The first kappa shape index (κ1) is 21.6. The van der Waals surface area contributed by atoms with E-state index in [1.54, 1.807) is 36.5 Å². The number of likely N-dealkylation sites (tertiary alicyclic amines) is 1. The van der Waals surface area contributed by atoms with E-state index in [1.165, 1.54) is 4.90 Å². The summed E-state index contributed by atoms with van der Waals surface area (Å²) >= 11 is 6.17. The molecule has 0 saturated carbocycles. The van der Waals surface area contributed by atoms with Gasteiger partial charge in [-0.05, 0) is 42.8 Å². The highest BCUT2D eigenvalue weighted by Crippen LogP contribution is 2.41. The summed E-state index contributed by atoms with van der Waals surface area (Å²) in [5, 5.41) is 11.6. The second-order valence-corrected chi connectivity index (χ2v) is 7.64. The number of pyridine rings is 1. The number of aliphatic hydroxyl groups is 1. The quantitative estimate of drug-likeness (QED) is 0.334. The van der Waals surface area contributed by atoms with Crippen LogP contribution in [0.25, 0.3) is 5.76 Å². The maximum atomic E-state index is 13.1. The number of benzene rings is 2. The molecule has 1 unspecified atom stereocenters. The number of hydrogen-bond donors (Lipinski definition) is 1. The monoisotopic (exact) mass is 448 g/mol. The van der Waals surface area contributed by atoms with E-state index in [-0.39, 0.29) is 17.9 Å². The van der Waals surface area contributed by atoms with Gasteiger partial charge in [0.2, 0.25) is 0 Å². The van der Waals surface area contributed by atoms with Gasteiger partial charge >= 0.3 is 0 Å². The molecule has 6 nitrogen and oxygen atoms in total. The van der Waals surface area contributed by atoms with Gasteiger partial charge in [-0.3, -0.25) is 14.6 Å². The number of aliphatic hydroxyl groups excluding tert-OH is 1. The number of rotatable bonds is 6. The van der Waals surface area contributed by atoms with Gasteiger partial charge in [0, 0.05) is 11.8 Å². The molecule has 0 aliphatic carbocycles. The largest absolute Gasteiger partial charge is 0.507 e. The maximum Gasteiger partial charge on any atom is 0.296 e. The van der Waals surface area contributed by atoms with Crippen molar-refractivity contribution in [3.05, 3.63) is 100 Å². The van der Waals surface area contributed by atoms with Crippen molar-refractivity contribution in [1.29, 1.82) is 0 Å². The molecule has 2 aromatic carbocycles. The standard InChI is InChI=1S/C25H21ClN2O4/c1-2-32-20-14-17(11-12-19(20)26)23(29)21-22(16-8-4-3-5-9-16)28(25(31)24(21)30)15-18-10-6-7-13-27-18/h3-14,22,29H,2,15H2,1H3/b23-21-. The lowest BCUT2D eigenvalue weighted by molar-refractivity contribution is -0.140. The minimum atomic E-state index is -0.760. The summed E-state index contributed by atoms with van der Waals surface area (Å²) in [4.78, 5) is 31.8. The van der Waals surface area contributed by atoms with Crippen LogP contribution in [0.4, 0.5) is 0 Å². The van der Waals surface area contributed by atoms with Gasteiger partial charge < -0.3 is 14.7 Å². The molecule has 1 fully saturated rings. The number of Topliss-reactive ketones (excluding diaryl/α,β-unsaturated/α-hetero) is 1. The second kappa shape index (κ2) is 9.24. The molecule has 32 heavy (non-hydrogen) atoms. The smallest absolute Gasteiger partial charge is 0.296 e. The third-order valence-corrected chi connectivity index (χ3v) is 5.53. The third-order valence-electron chi connectivity index (χ3n) is 5.22. The summed E-state index contributed by atoms with van der Waals surface area (Å²) in [6, 6.07) is 18.5. The van der Waals surface area contributed by atoms with Gasteiger partial charge in [0.25, 0.3) is 11.7 Å². The van der Waals surface area contributed by atoms with Gasteiger partial charge in [-0.2, -0.15) is 0 Å². The summed E-state index contributed by atoms with van der Waals surface area (Å²) in [7, 11) is 0. The molecule has 1 saturated heterocycles. The summed E-state index contributed by atoms with van der Waals surface area (Å²) in [6.07, 6.45) is 1.63. The van der Waals surface area contributed by atoms with Gasteiger partial charge in [-0.1, -0.05) is 48.0 Å². The Morgan fingerprint density at radius 1 is 1.09 bits per heavy atom. The van der Waals surface area contributed by atoms with Crippen LogP contribution in [-0.2, 0) is 16.1 Å². The molecule has 1 aromatic heterocycles. The Balaban J connectivity index is 1.85. The fourth-order valence-electron chi connectivity index (χ4n) is 3.76. The molecule has 3 aromatic rings. The average molecular weight is 449 g/mol. The molecule has 2 heterocycles. The second-order valence-electron chi connectivity index (χ2n) is 7.24. The van der Waals surface area contributed by atoms with Crippen molar-refractivity contribution in [3.63, 3.8) is 0 Å². The Bertz CT molecular complexity index is 1180. The highest BCUT2D eigenvalue weighted by Gasteiger charge is 2.46. The van der Waals surface area contributed by atoms with E-state index in [4.69, 9.17) is 16.3 Å². The van der Waals surface area contributed by atoms with Gasteiger partial charge in [0.05, 0.1) is 35.5 Å². The minimum absolute atomic E-state index is 0.0157. The highest BCUT2D eigenvalue weighted by molar-refractivity contribution is 6.46. The number of amides is 1. The summed E-state index contributed by atoms with van der Waals surface area (Å²) in [6.45, 7) is 2.34. The molecule has 1 aliphatic rings.